The van der Waals surface area contributed by atoms with Crippen LogP contribution in [0.2, 0.25) is 0 Å². The van der Waals surface area contributed by atoms with Gasteiger partial charge in [0.25, 0.3) is 0 Å². The van der Waals surface area contributed by atoms with Gasteiger partial charge in [-0.25, -0.2) is 0 Å². The Bertz CT molecular complexity index is 570. The summed E-state index contributed by atoms with van der Waals surface area (Å²) in [7, 11) is 0. The Kier molecular flexibility index (Phi) is 7.48. The summed E-state index contributed by atoms with van der Waals surface area (Å²) in [6, 6.07) is 0. The lowest BCUT2D eigenvalue weighted by Gasteiger charge is -2.47. The summed E-state index contributed by atoms with van der Waals surface area (Å²) in [5.41, 5.74) is -1.000. The third-order valence-corrected chi connectivity index (χ3v) is 5.90. The highest BCUT2D eigenvalue weighted by Crippen LogP contribution is 2.41. The molecule has 0 spiro atoms. The lowest BCUT2D eigenvalue weighted by atomic mass is 9.73. The van der Waals surface area contributed by atoms with Crippen LogP contribution in [0.1, 0.15) is 53.4 Å². The van der Waals surface area contributed by atoms with Gasteiger partial charge in [0.2, 0.25) is 0 Å². The van der Waals surface area contributed by atoms with E-state index in [-0.39, 0.29) is 5.92 Å². The van der Waals surface area contributed by atoms with Gasteiger partial charge in [-0.2, -0.15) is 0 Å². The molecule has 5 N–H and O–H groups in total. The smallest absolute Gasteiger partial charge is 0.187 e. The van der Waals surface area contributed by atoms with E-state index in [0.29, 0.717) is 19.3 Å². The van der Waals surface area contributed by atoms with Crippen molar-refractivity contribution in [2.24, 2.45) is 5.92 Å². The fourth-order valence-corrected chi connectivity index (χ4v) is 3.90. The molecule has 0 radical (unpaired) electrons. The van der Waals surface area contributed by atoms with Crippen LogP contribution in [0.4, 0.5) is 0 Å². The average Bonchev–Trinajstić information content (AvgIpc) is 2.59. The van der Waals surface area contributed by atoms with Gasteiger partial charge in [0, 0.05) is 0 Å². The first-order valence-electron chi connectivity index (χ1n) is 9.97. The molecule has 0 bridgehead atoms. The molecule has 8 atom stereocenters. The SMILES string of the molecule is C=C1CC[C@H](C(C)(C/C=C/C(C)(C)O)O[C@@H]2O[C@H](C)[C@H](O)[C@H](O)[C@H]2O)C[C@@H]1O. The zero-order valence-electron chi connectivity index (χ0n) is 17.3. The van der Waals surface area contributed by atoms with E-state index in [0.717, 1.165) is 12.0 Å². The Labute approximate surface area is 167 Å². The van der Waals surface area contributed by atoms with Gasteiger partial charge in [-0.1, -0.05) is 18.7 Å². The summed E-state index contributed by atoms with van der Waals surface area (Å²) in [5.74, 6) is -0.0467. The number of rotatable bonds is 6. The molecule has 2 fully saturated rings. The molecule has 0 amide bonds. The summed E-state index contributed by atoms with van der Waals surface area (Å²) in [6.07, 6.45) is -0.597. The molecule has 1 aliphatic carbocycles. The van der Waals surface area contributed by atoms with E-state index in [9.17, 15) is 25.5 Å². The van der Waals surface area contributed by atoms with Gasteiger partial charge in [0.05, 0.1) is 23.4 Å². The van der Waals surface area contributed by atoms with Gasteiger partial charge in [0.15, 0.2) is 6.29 Å². The summed E-state index contributed by atoms with van der Waals surface area (Å²) in [4.78, 5) is 0. The Hall–Kier alpha value is -0.800. The molecule has 2 aliphatic rings. The molecule has 1 heterocycles. The molecule has 0 aromatic heterocycles. The molecular weight excluding hydrogens is 364 g/mol. The first-order valence-corrected chi connectivity index (χ1v) is 9.97. The number of hydrogen-bond acceptors (Lipinski definition) is 7. The average molecular weight is 401 g/mol. The Balaban J connectivity index is 2.22. The second kappa shape index (κ2) is 8.92. The highest BCUT2D eigenvalue weighted by atomic mass is 16.7. The van der Waals surface area contributed by atoms with Crippen LogP contribution in [-0.2, 0) is 9.47 Å². The maximum atomic E-state index is 10.4. The summed E-state index contributed by atoms with van der Waals surface area (Å²) < 4.78 is 11.8. The van der Waals surface area contributed by atoms with Gasteiger partial charge in [-0.05, 0) is 64.9 Å². The van der Waals surface area contributed by atoms with Crippen molar-refractivity contribution in [3.63, 3.8) is 0 Å². The van der Waals surface area contributed by atoms with Crippen molar-refractivity contribution < 1.29 is 35.0 Å². The van der Waals surface area contributed by atoms with Crippen molar-refractivity contribution in [3.05, 3.63) is 24.3 Å². The summed E-state index contributed by atoms with van der Waals surface area (Å²) in [6.45, 7) is 10.7. The number of aliphatic hydroxyl groups is 5. The second-order valence-corrected chi connectivity index (χ2v) is 9.02. The standard InChI is InChI=1S/C21H36O7/c1-12-7-8-14(11-15(12)22)21(5,10-6-9-20(3,4)26)28-19-18(25)17(24)16(23)13(2)27-19/h6,9,13-19,22-26H,1,7-8,10-11H2,2-5H3/b9-6+/t13-,14+,15+,16+,17+,18-,19+,21?/m1/s1. The van der Waals surface area contributed by atoms with Crippen molar-refractivity contribution in [3.8, 4) is 0 Å². The van der Waals surface area contributed by atoms with Crippen LogP contribution >= 0.6 is 0 Å². The Morgan fingerprint density at radius 2 is 1.79 bits per heavy atom. The quantitative estimate of drug-likeness (QED) is 0.422. The van der Waals surface area contributed by atoms with E-state index in [4.69, 9.17) is 9.47 Å². The lowest BCUT2D eigenvalue weighted by molar-refractivity contribution is -0.325. The van der Waals surface area contributed by atoms with Crippen molar-refractivity contribution in [1.29, 1.82) is 0 Å². The largest absolute Gasteiger partial charge is 0.389 e. The van der Waals surface area contributed by atoms with Crippen molar-refractivity contribution in [2.45, 2.75) is 101 Å². The van der Waals surface area contributed by atoms with Crippen LogP contribution in [-0.4, -0.2) is 73.5 Å². The molecule has 0 aromatic carbocycles. The highest BCUT2D eigenvalue weighted by molar-refractivity contribution is 5.10. The molecule has 7 nitrogen and oxygen atoms in total. The van der Waals surface area contributed by atoms with Crippen molar-refractivity contribution in [2.75, 3.05) is 0 Å². The lowest BCUT2D eigenvalue weighted by Crippen LogP contribution is -2.59. The second-order valence-electron chi connectivity index (χ2n) is 9.02. The molecule has 0 aromatic rings. The fraction of sp³-hybridized carbons (Fsp3) is 0.810. The number of ether oxygens (including phenoxy) is 2. The minimum atomic E-state index is -1.40. The number of aliphatic hydroxyl groups excluding tert-OH is 4. The third kappa shape index (κ3) is 5.63. The molecule has 7 heteroatoms. The molecule has 1 unspecified atom stereocenters. The van der Waals surface area contributed by atoms with Gasteiger partial charge < -0.3 is 35.0 Å². The minimum absolute atomic E-state index is 0.0467. The van der Waals surface area contributed by atoms with Gasteiger partial charge in [-0.15, -0.1) is 0 Å². The normalized spacial score (nSPS) is 39.9. The zero-order valence-corrected chi connectivity index (χ0v) is 17.3. The summed E-state index contributed by atoms with van der Waals surface area (Å²) in [5, 5.41) is 50.6. The first kappa shape index (κ1) is 23.5. The maximum Gasteiger partial charge on any atom is 0.187 e. The van der Waals surface area contributed by atoms with E-state index in [1.807, 2.05) is 13.0 Å². The molecule has 1 saturated carbocycles. The minimum Gasteiger partial charge on any atom is -0.389 e. The molecule has 28 heavy (non-hydrogen) atoms. The third-order valence-electron chi connectivity index (χ3n) is 5.90. The topological polar surface area (TPSA) is 120 Å². The highest BCUT2D eigenvalue weighted by Gasteiger charge is 2.47. The van der Waals surface area contributed by atoms with Crippen molar-refractivity contribution >= 4 is 0 Å². The molecule has 1 aliphatic heterocycles. The van der Waals surface area contributed by atoms with E-state index in [1.54, 1.807) is 26.8 Å². The molecular formula is C21H36O7. The van der Waals surface area contributed by atoms with E-state index < -0.39 is 48.0 Å². The van der Waals surface area contributed by atoms with Crippen LogP contribution in [0, 0.1) is 5.92 Å². The monoisotopic (exact) mass is 400 g/mol. The van der Waals surface area contributed by atoms with Crippen LogP contribution in [0.15, 0.2) is 24.3 Å². The van der Waals surface area contributed by atoms with Gasteiger partial charge in [-0.3, -0.25) is 0 Å². The predicted molar refractivity (Wildman–Crippen MR) is 104 cm³/mol. The molecule has 1 saturated heterocycles. The Morgan fingerprint density at radius 3 is 2.36 bits per heavy atom. The summed E-state index contributed by atoms with van der Waals surface area (Å²) >= 11 is 0. The van der Waals surface area contributed by atoms with E-state index in [2.05, 4.69) is 6.58 Å². The maximum absolute atomic E-state index is 10.4. The zero-order chi connectivity index (χ0) is 21.3. The van der Waals surface area contributed by atoms with Crippen LogP contribution < -0.4 is 0 Å². The van der Waals surface area contributed by atoms with Crippen molar-refractivity contribution in [1.82, 2.24) is 0 Å². The first-order chi connectivity index (χ1) is 12.8. The molecule has 2 rings (SSSR count). The van der Waals surface area contributed by atoms with E-state index in [1.165, 1.54) is 0 Å². The predicted octanol–water partition coefficient (Wildman–Crippen LogP) is 1.02. The van der Waals surface area contributed by atoms with Crippen LogP contribution in [0.3, 0.4) is 0 Å². The fourth-order valence-electron chi connectivity index (χ4n) is 3.90. The van der Waals surface area contributed by atoms with Gasteiger partial charge >= 0.3 is 0 Å². The van der Waals surface area contributed by atoms with Crippen LogP contribution in [0.25, 0.3) is 0 Å². The number of hydrogen-bond donors (Lipinski definition) is 5. The van der Waals surface area contributed by atoms with E-state index >= 15 is 0 Å². The Morgan fingerprint density at radius 1 is 1.14 bits per heavy atom. The van der Waals surface area contributed by atoms with Crippen LogP contribution in [0.5, 0.6) is 0 Å². The van der Waals surface area contributed by atoms with Gasteiger partial charge in [0.1, 0.15) is 18.3 Å². The molecule has 162 valence electrons.